The molecule has 4 heteroatoms. The number of benzene rings is 1. The fourth-order valence-corrected chi connectivity index (χ4v) is 2.41. The van der Waals surface area contributed by atoms with Crippen LogP contribution in [0.1, 0.15) is 15.9 Å². The Balaban J connectivity index is 2.84. The molecule has 0 spiro atoms. The van der Waals surface area contributed by atoms with Gasteiger partial charge >= 0.3 is 0 Å². The molecule has 1 aromatic heterocycles. The molecule has 3 nitrogen and oxygen atoms in total. The minimum atomic E-state index is -0.222. The third kappa shape index (κ3) is 1.84. The summed E-state index contributed by atoms with van der Waals surface area (Å²) in [4.78, 5) is 23.1. The highest BCUT2D eigenvalue weighted by molar-refractivity contribution is 7.16. The van der Waals surface area contributed by atoms with Crippen LogP contribution in [0.25, 0.3) is 10.1 Å². The predicted octanol–water partition coefficient (Wildman–Crippen LogP) is 1.93. The molecule has 0 aliphatic heterocycles. The summed E-state index contributed by atoms with van der Waals surface area (Å²) in [5.41, 5.74) is 1.52. The summed E-state index contributed by atoms with van der Waals surface area (Å²) in [6.07, 6.45) is 0. The van der Waals surface area contributed by atoms with Crippen molar-refractivity contribution in [2.75, 3.05) is 7.05 Å². The molecule has 0 bridgehead atoms. The van der Waals surface area contributed by atoms with Crippen LogP contribution < -0.4 is 10.1 Å². The summed E-state index contributed by atoms with van der Waals surface area (Å²) in [7, 11) is 1.56. The van der Waals surface area contributed by atoms with E-state index >= 15 is 0 Å². The monoisotopic (exact) mass is 233 g/mol. The number of hydrogen-bond donors (Lipinski definition) is 1. The van der Waals surface area contributed by atoms with E-state index in [4.69, 9.17) is 0 Å². The average molecular weight is 233 g/mol. The maximum absolute atomic E-state index is 11.6. The van der Waals surface area contributed by atoms with Crippen molar-refractivity contribution >= 4 is 27.3 Å². The number of fused-ring (bicyclic) bond motifs is 1. The number of rotatable bonds is 1. The zero-order valence-corrected chi connectivity index (χ0v) is 9.85. The van der Waals surface area contributed by atoms with Crippen LogP contribution in [-0.4, -0.2) is 13.0 Å². The van der Waals surface area contributed by atoms with E-state index in [0.29, 0.717) is 5.56 Å². The van der Waals surface area contributed by atoms with E-state index in [1.165, 1.54) is 6.07 Å². The Kier molecular flexibility index (Phi) is 2.75. The fraction of sp³-hybridized carbons (Fsp3) is 0.167. The Bertz CT molecular complexity index is 616. The number of carbonyl (C=O) groups is 1. The molecular weight excluding hydrogens is 222 g/mol. The fourth-order valence-electron chi connectivity index (χ4n) is 1.60. The van der Waals surface area contributed by atoms with Gasteiger partial charge in [-0.05, 0) is 19.1 Å². The number of nitrogens with one attached hydrogen (secondary N) is 1. The molecule has 0 saturated carbocycles. The Morgan fingerprint density at radius 2 is 2.06 bits per heavy atom. The highest BCUT2D eigenvalue weighted by Crippen LogP contribution is 2.21. The van der Waals surface area contributed by atoms with Crippen molar-refractivity contribution < 1.29 is 4.79 Å². The lowest BCUT2D eigenvalue weighted by Crippen LogP contribution is -2.19. The molecule has 2 rings (SSSR count). The molecule has 0 aliphatic carbocycles. The molecule has 1 amide bonds. The summed E-state index contributed by atoms with van der Waals surface area (Å²) in [6, 6.07) is 7.14. The summed E-state index contributed by atoms with van der Waals surface area (Å²) in [6.45, 7) is 1.96. The number of hydrogen-bond acceptors (Lipinski definition) is 3. The van der Waals surface area contributed by atoms with Gasteiger partial charge < -0.3 is 5.32 Å². The van der Waals surface area contributed by atoms with Crippen LogP contribution >= 0.6 is 11.3 Å². The lowest BCUT2D eigenvalue weighted by molar-refractivity contribution is 0.0964. The van der Waals surface area contributed by atoms with Crippen LogP contribution in [0.2, 0.25) is 0 Å². The molecule has 2 aromatic rings. The van der Waals surface area contributed by atoms with E-state index in [1.807, 2.05) is 25.1 Å². The molecule has 0 aliphatic rings. The summed E-state index contributed by atoms with van der Waals surface area (Å²) in [5, 5.41) is 3.38. The zero-order valence-electron chi connectivity index (χ0n) is 9.03. The molecule has 1 N–H and O–H groups in total. The molecular formula is C12H11NO2S. The third-order valence-corrected chi connectivity index (χ3v) is 3.26. The minimum Gasteiger partial charge on any atom is -0.355 e. The normalized spacial score (nSPS) is 10.4. The number of amides is 1. The van der Waals surface area contributed by atoms with Gasteiger partial charge in [0.25, 0.3) is 5.91 Å². The smallest absolute Gasteiger partial charge is 0.251 e. The molecule has 1 heterocycles. The molecule has 16 heavy (non-hydrogen) atoms. The quantitative estimate of drug-likeness (QED) is 0.818. The first kappa shape index (κ1) is 10.8. The van der Waals surface area contributed by atoms with Gasteiger partial charge in [0, 0.05) is 23.2 Å². The van der Waals surface area contributed by atoms with Crippen molar-refractivity contribution in [2.45, 2.75) is 6.92 Å². The first-order valence-corrected chi connectivity index (χ1v) is 5.70. The van der Waals surface area contributed by atoms with Crippen molar-refractivity contribution in [1.82, 2.24) is 5.32 Å². The molecule has 0 unspecified atom stereocenters. The Morgan fingerprint density at radius 1 is 1.31 bits per heavy atom. The third-order valence-electron chi connectivity index (χ3n) is 2.37. The lowest BCUT2D eigenvalue weighted by atomic mass is 10.1. The second kappa shape index (κ2) is 4.06. The number of aryl methyl sites for hydroxylation is 1. The zero-order chi connectivity index (χ0) is 11.7. The Labute approximate surface area is 96.7 Å². The van der Waals surface area contributed by atoms with Crippen LogP contribution in [0.4, 0.5) is 0 Å². The van der Waals surface area contributed by atoms with Crippen LogP contribution in [-0.2, 0) is 0 Å². The van der Waals surface area contributed by atoms with Gasteiger partial charge in [0.15, 0.2) is 0 Å². The van der Waals surface area contributed by atoms with E-state index in [9.17, 15) is 9.59 Å². The maximum Gasteiger partial charge on any atom is 0.251 e. The second-order valence-corrected chi connectivity index (χ2v) is 4.60. The van der Waals surface area contributed by atoms with Crippen molar-refractivity contribution in [3.05, 3.63) is 44.9 Å². The van der Waals surface area contributed by atoms with E-state index in [-0.39, 0.29) is 10.6 Å². The van der Waals surface area contributed by atoms with Gasteiger partial charge in [0.2, 0.25) is 4.74 Å². The first-order chi connectivity index (χ1) is 7.61. The van der Waals surface area contributed by atoms with Crippen LogP contribution in [0.3, 0.4) is 0 Å². The highest BCUT2D eigenvalue weighted by atomic mass is 32.1. The SMILES string of the molecule is CNC(=O)c1cc(=O)sc2ccc(C)cc12. The molecule has 0 radical (unpaired) electrons. The van der Waals surface area contributed by atoms with Gasteiger partial charge in [0.05, 0.1) is 5.56 Å². The average Bonchev–Trinajstić information content (AvgIpc) is 2.27. The first-order valence-electron chi connectivity index (χ1n) is 4.88. The van der Waals surface area contributed by atoms with Crippen molar-refractivity contribution in [1.29, 1.82) is 0 Å². The maximum atomic E-state index is 11.6. The predicted molar refractivity (Wildman–Crippen MR) is 66.2 cm³/mol. The molecule has 0 atom stereocenters. The standard InChI is InChI=1S/C12H11NO2S/c1-7-3-4-10-8(5-7)9(12(15)13-2)6-11(14)16-10/h3-6H,1-2H3,(H,13,15). The van der Waals surface area contributed by atoms with Gasteiger partial charge in [-0.15, -0.1) is 0 Å². The number of carbonyl (C=O) groups excluding carboxylic acids is 1. The van der Waals surface area contributed by atoms with E-state index < -0.39 is 0 Å². The van der Waals surface area contributed by atoms with Crippen molar-refractivity contribution in [2.24, 2.45) is 0 Å². The van der Waals surface area contributed by atoms with Crippen LogP contribution in [0, 0.1) is 6.92 Å². The molecule has 0 fully saturated rings. The van der Waals surface area contributed by atoms with Gasteiger partial charge in [-0.3, -0.25) is 9.59 Å². The van der Waals surface area contributed by atoms with Crippen molar-refractivity contribution in [3.63, 3.8) is 0 Å². The summed E-state index contributed by atoms with van der Waals surface area (Å²) < 4.78 is 0.742. The van der Waals surface area contributed by atoms with E-state index in [1.54, 1.807) is 7.05 Å². The van der Waals surface area contributed by atoms with Crippen LogP contribution in [0.5, 0.6) is 0 Å². The minimum absolute atomic E-state index is 0.102. The molecule has 82 valence electrons. The van der Waals surface area contributed by atoms with Crippen molar-refractivity contribution in [3.8, 4) is 0 Å². The van der Waals surface area contributed by atoms with Crippen LogP contribution in [0.15, 0.2) is 29.1 Å². The Hall–Kier alpha value is -1.68. The summed E-state index contributed by atoms with van der Waals surface area (Å²) >= 11 is 1.16. The van der Waals surface area contributed by atoms with Gasteiger partial charge in [0.1, 0.15) is 0 Å². The van der Waals surface area contributed by atoms with Gasteiger partial charge in [-0.2, -0.15) is 0 Å². The largest absolute Gasteiger partial charge is 0.355 e. The van der Waals surface area contributed by atoms with E-state index in [2.05, 4.69) is 5.32 Å². The molecule has 1 aromatic carbocycles. The highest BCUT2D eigenvalue weighted by Gasteiger charge is 2.10. The molecule has 0 saturated heterocycles. The van der Waals surface area contributed by atoms with Gasteiger partial charge in [-0.1, -0.05) is 23.0 Å². The second-order valence-electron chi connectivity index (χ2n) is 3.56. The summed E-state index contributed by atoms with van der Waals surface area (Å²) in [5.74, 6) is -0.222. The van der Waals surface area contributed by atoms with Gasteiger partial charge in [-0.25, -0.2) is 0 Å². The Morgan fingerprint density at radius 3 is 2.75 bits per heavy atom. The lowest BCUT2D eigenvalue weighted by Gasteiger charge is -2.04. The van der Waals surface area contributed by atoms with E-state index in [0.717, 1.165) is 27.0 Å². The topological polar surface area (TPSA) is 46.2 Å².